The van der Waals surface area contributed by atoms with Crippen LogP contribution in [0.4, 0.5) is 0 Å². The third-order valence-corrected chi connectivity index (χ3v) is 3.32. The summed E-state index contributed by atoms with van der Waals surface area (Å²) in [6, 6.07) is 7.41. The van der Waals surface area contributed by atoms with Crippen molar-refractivity contribution in [1.82, 2.24) is 14.9 Å². The maximum atomic E-state index is 11.7. The molecule has 0 bridgehead atoms. The highest BCUT2D eigenvalue weighted by molar-refractivity contribution is 5.43. The quantitative estimate of drug-likeness (QED) is 0.866. The first-order valence-corrected chi connectivity index (χ1v) is 6.60. The lowest BCUT2D eigenvalue weighted by Gasteiger charge is -2.19. The number of likely N-dealkylation sites (N-methyl/N-ethyl adjacent to an activating group) is 1. The smallest absolute Gasteiger partial charge is 0.347 e. The number of aromatic nitrogens is 2. The lowest BCUT2D eigenvalue weighted by Crippen LogP contribution is -2.29. The van der Waals surface area contributed by atoms with Gasteiger partial charge in [0.25, 0.3) is 0 Å². The molecule has 0 radical (unpaired) electrons. The monoisotopic (exact) mass is 289 g/mol. The first-order chi connectivity index (χ1) is 10.2. The molecule has 21 heavy (non-hydrogen) atoms. The number of benzene rings is 1. The van der Waals surface area contributed by atoms with E-state index in [-0.39, 0.29) is 11.7 Å². The molecule has 1 aromatic heterocycles. The maximum Gasteiger partial charge on any atom is 0.347 e. The fraction of sp³-hybridized carbons (Fsp3) is 0.333. The Hall–Kier alpha value is -2.34. The van der Waals surface area contributed by atoms with E-state index in [2.05, 4.69) is 10.3 Å². The highest BCUT2D eigenvalue weighted by Crippen LogP contribution is 2.30. The van der Waals surface area contributed by atoms with E-state index in [9.17, 15) is 4.79 Å². The minimum atomic E-state index is -0.266. The number of methoxy groups -OCH3 is 2. The highest BCUT2D eigenvalue weighted by atomic mass is 16.5. The lowest BCUT2D eigenvalue weighted by molar-refractivity contribution is 0.353. The largest absolute Gasteiger partial charge is 0.493 e. The molecule has 0 aliphatic carbocycles. The van der Waals surface area contributed by atoms with Crippen LogP contribution in [-0.2, 0) is 6.54 Å². The van der Waals surface area contributed by atoms with Crippen LogP contribution in [0.15, 0.2) is 41.5 Å². The number of nitrogens with one attached hydrogen (secondary N) is 1. The van der Waals surface area contributed by atoms with E-state index >= 15 is 0 Å². The zero-order valence-corrected chi connectivity index (χ0v) is 12.4. The highest BCUT2D eigenvalue weighted by Gasteiger charge is 2.14. The molecule has 0 amide bonds. The fourth-order valence-corrected chi connectivity index (χ4v) is 2.16. The molecule has 0 spiro atoms. The molecule has 0 aliphatic heterocycles. The van der Waals surface area contributed by atoms with E-state index in [1.165, 1.54) is 6.20 Å². The number of hydrogen-bond acceptors (Lipinski definition) is 5. The van der Waals surface area contributed by atoms with Gasteiger partial charge < -0.3 is 14.8 Å². The first kappa shape index (κ1) is 15.1. The average Bonchev–Trinajstić information content (AvgIpc) is 2.53. The maximum absolute atomic E-state index is 11.7. The lowest BCUT2D eigenvalue weighted by atomic mass is 10.1. The van der Waals surface area contributed by atoms with Crippen molar-refractivity contribution in [2.24, 2.45) is 0 Å². The Labute approximate surface area is 123 Å². The Morgan fingerprint density at radius 1 is 1.29 bits per heavy atom. The Morgan fingerprint density at radius 3 is 2.67 bits per heavy atom. The van der Waals surface area contributed by atoms with Gasteiger partial charge in [-0.1, -0.05) is 6.07 Å². The van der Waals surface area contributed by atoms with Gasteiger partial charge in [-0.3, -0.25) is 4.57 Å². The summed E-state index contributed by atoms with van der Waals surface area (Å²) in [4.78, 5) is 15.5. The van der Waals surface area contributed by atoms with Gasteiger partial charge in [0.1, 0.15) is 0 Å². The van der Waals surface area contributed by atoms with Crippen LogP contribution < -0.4 is 20.5 Å². The molecule has 2 aromatic rings. The summed E-state index contributed by atoms with van der Waals surface area (Å²) in [7, 11) is 5.05. The summed E-state index contributed by atoms with van der Waals surface area (Å²) in [6.07, 6.45) is 3.21. The summed E-state index contributed by atoms with van der Waals surface area (Å²) >= 11 is 0. The standard InChI is InChI=1S/C15H19N3O3/c1-16-12(10-18-8-4-7-17-15(18)19)11-5-6-13(20-2)14(9-11)21-3/h4-9,12,16H,10H2,1-3H3. The molecule has 6 heteroatoms. The van der Waals surface area contributed by atoms with Gasteiger partial charge in [0, 0.05) is 18.9 Å². The van der Waals surface area contributed by atoms with Crippen LogP contribution in [0, 0.1) is 0 Å². The Kier molecular flexibility index (Phi) is 4.94. The van der Waals surface area contributed by atoms with Crippen LogP contribution in [0.2, 0.25) is 0 Å². The van der Waals surface area contributed by atoms with Crippen LogP contribution in [0.3, 0.4) is 0 Å². The molecule has 1 aromatic carbocycles. The van der Waals surface area contributed by atoms with Gasteiger partial charge in [-0.05, 0) is 30.8 Å². The fourth-order valence-electron chi connectivity index (χ4n) is 2.16. The van der Waals surface area contributed by atoms with Gasteiger partial charge in [0.05, 0.1) is 20.3 Å². The van der Waals surface area contributed by atoms with E-state index in [4.69, 9.17) is 9.47 Å². The second kappa shape index (κ2) is 6.90. The van der Waals surface area contributed by atoms with Crippen LogP contribution in [0.25, 0.3) is 0 Å². The molecule has 1 atom stereocenters. The van der Waals surface area contributed by atoms with Crippen molar-refractivity contribution in [3.63, 3.8) is 0 Å². The first-order valence-electron chi connectivity index (χ1n) is 6.60. The number of hydrogen-bond donors (Lipinski definition) is 1. The summed E-state index contributed by atoms with van der Waals surface area (Å²) in [5.74, 6) is 1.34. The molecule has 1 unspecified atom stereocenters. The molecule has 6 nitrogen and oxygen atoms in total. The molecule has 0 aliphatic rings. The SMILES string of the molecule is CNC(Cn1cccnc1=O)c1ccc(OC)c(OC)c1. The zero-order chi connectivity index (χ0) is 15.2. The summed E-state index contributed by atoms with van der Waals surface area (Å²) < 4.78 is 12.1. The van der Waals surface area contributed by atoms with E-state index in [1.54, 1.807) is 31.0 Å². The summed E-state index contributed by atoms with van der Waals surface area (Å²) in [6.45, 7) is 0.485. The van der Waals surface area contributed by atoms with Crippen molar-refractivity contribution in [3.8, 4) is 11.5 Å². The molecule has 0 fully saturated rings. The van der Waals surface area contributed by atoms with Crippen molar-refractivity contribution < 1.29 is 9.47 Å². The molecule has 1 heterocycles. The molecule has 2 rings (SSSR count). The summed E-state index contributed by atoms with van der Waals surface area (Å²) in [5.41, 5.74) is 0.740. The third kappa shape index (κ3) is 3.41. The summed E-state index contributed by atoms with van der Waals surface area (Å²) in [5, 5.41) is 3.20. The zero-order valence-electron chi connectivity index (χ0n) is 12.4. The molecular formula is C15H19N3O3. The molecule has 112 valence electrons. The second-order valence-corrected chi connectivity index (χ2v) is 4.51. The second-order valence-electron chi connectivity index (χ2n) is 4.51. The topological polar surface area (TPSA) is 65.4 Å². The van der Waals surface area contributed by atoms with Crippen LogP contribution >= 0.6 is 0 Å². The van der Waals surface area contributed by atoms with Crippen LogP contribution in [0.5, 0.6) is 11.5 Å². The van der Waals surface area contributed by atoms with Gasteiger partial charge >= 0.3 is 5.69 Å². The molecule has 1 N–H and O–H groups in total. The normalized spacial score (nSPS) is 12.0. The predicted molar refractivity (Wildman–Crippen MR) is 79.8 cm³/mol. The van der Waals surface area contributed by atoms with E-state index < -0.39 is 0 Å². The average molecular weight is 289 g/mol. The predicted octanol–water partition coefficient (Wildman–Crippen LogP) is 1.22. The van der Waals surface area contributed by atoms with Gasteiger partial charge in [-0.25, -0.2) is 9.78 Å². The van der Waals surface area contributed by atoms with E-state index in [1.807, 2.05) is 25.2 Å². The Bertz CT molecular complexity index is 655. The van der Waals surface area contributed by atoms with Gasteiger partial charge in [-0.15, -0.1) is 0 Å². The van der Waals surface area contributed by atoms with Crippen LogP contribution in [0.1, 0.15) is 11.6 Å². The molecule has 0 saturated carbocycles. The van der Waals surface area contributed by atoms with Crippen LogP contribution in [-0.4, -0.2) is 30.8 Å². The van der Waals surface area contributed by atoms with E-state index in [0.717, 1.165) is 5.56 Å². The number of rotatable bonds is 6. The van der Waals surface area contributed by atoms with Gasteiger partial charge in [0.15, 0.2) is 11.5 Å². The van der Waals surface area contributed by atoms with Gasteiger partial charge in [-0.2, -0.15) is 0 Å². The van der Waals surface area contributed by atoms with Crippen molar-refractivity contribution in [1.29, 1.82) is 0 Å². The number of nitrogens with zero attached hydrogens (tertiary/aromatic N) is 2. The Balaban J connectivity index is 2.29. The molecular weight excluding hydrogens is 270 g/mol. The Morgan fingerprint density at radius 2 is 2.05 bits per heavy atom. The third-order valence-electron chi connectivity index (χ3n) is 3.32. The minimum absolute atomic E-state index is 0.0355. The van der Waals surface area contributed by atoms with Crippen molar-refractivity contribution >= 4 is 0 Å². The van der Waals surface area contributed by atoms with Crippen molar-refractivity contribution in [3.05, 3.63) is 52.7 Å². The minimum Gasteiger partial charge on any atom is -0.493 e. The van der Waals surface area contributed by atoms with Crippen molar-refractivity contribution in [2.75, 3.05) is 21.3 Å². The van der Waals surface area contributed by atoms with Gasteiger partial charge in [0.2, 0.25) is 0 Å². The van der Waals surface area contributed by atoms with Crippen molar-refractivity contribution in [2.45, 2.75) is 12.6 Å². The molecule has 0 saturated heterocycles. The van der Waals surface area contributed by atoms with E-state index in [0.29, 0.717) is 18.0 Å². The number of ether oxygens (including phenoxy) is 2.